The Morgan fingerprint density at radius 1 is 1.30 bits per heavy atom. The standard InChI is InChI=1S/C15H21N5/c1-11-2-3-13-12(10-11)14-15(17-6-9-20(14)18-13)19-7-4-16-5-8-19/h6,9,11,16H,2-5,7-8,10H2,1H3. The Balaban J connectivity index is 1.86. The maximum Gasteiger partial charge on any atom is 0.155 e. The highest BCUT2D eigenvalue weighted by atomic mass is 15.3. The number of aryl methyl sites for hydroxylation is 1. The van der Waals surface area contributed by atoms with Crippen LogP contribution >= 0.6 is 0 Å². The van der Waals surface area contributed by atoms with Gasteiger partial charge in [0.2, 0.25) is 0 Å². The summed E-state index contributed by atoms with van der Waals surface area (Å²) in [6.07, 6.45) is 7.38. The molecule has 1 aliphatic heterocycles. The molecule has 0 amide bonds. The number of nitrogens with zero attached hydrogens (tertiary/aromatic N) is 4. The third-order valence-electron chi connectivity index (χ3n) is 4.55. The molecular formula is C15H21N5. The van der Waals surface area contributed by atoms with Crippen molar-refractivity contribution in [3.05, 3.63) is 23.7 Å². The van der Waals surface area contributed by atoms with Gasteiger partial charge in [-0.1, -0.05) is 6.92 Å². The van der Waals surface area contributed by atoms with Gasteiger partial charge >= 0.3 is 0 Å². The van der Waals surface area contributed by atoms with Crippen LogP contribution in [0.3, 0.4) is 0 Å². The first-order valence-electron chi connectivity index (χ1n) is 7.63. The van der Waals surface area contributed by atoms with Crippen LogP contribution in [0, 0.1) is 5.92 Å². The second kappa shape index (κ2) is 4.74. The van der Waals surface area contributed by atoms with Crippen LogP contribution in [0.2, 0.25) is 0 Å². The fourth-order valence-electron chi connectivity index (χ4n) is 3.45. The number of hydrogen-bond donors (Lipinski definition) is 1. The van der Waals surface area contributed by atoms with Crippen molar-refractivity contribution in [2.45, 2.75) is 26.2 Å². The van der Waals surface area contributed by atoms with Crippen molar-refractivity contribution < 1.29 is 0 Å². The molecule has 1 saturated heterocycles. The largest absolute Gasteiger partial charge is 0.352 e. The Morgan fingerprint density at radius 2 is 2.15 bits per heavy atom. The highest BCUT2D eigenvalue weighted by Gasteiger charge is 2.25. The van der Waals surface area contributed by atoms with Crippen LogP contribution in [0.1, 0.15) is 24.6 Å². The summed E-state index contributed by atoms with van der Waals surface area (Å²) in [7, 11) is 0. The molecule has 20 heavy (non-hydrogen) atoms. The van der Waals surface area contributed by atoms with E-state index in [0.717, 1.165) is 50.8 Å². The number of rotatable bonds is 1. The van der Waals surface area contributed by atoms with Crippen LogP contribution in [-0.2, 0) is 12.8 Å². The highest BCUT2D eigenvalue weighted by Crippen LogP contribution is 2.32. The van der Waals surface area contributed by atoms with E-state index in [2.05, 4.69) is 22.1 Å². The average molecular weight is 271 g/mol. The number of hydrogen-bond acceptors (Lipinski definition) is 4. The lowest BCUT2D eigenvalue weighted by molar-refractivity contribution is 0.498. The van der Waals surface area contributed by atoms with Crippen molar-refractivity contribution >= 4 is 11.3 Å². The molecule has 1 aliphatic carbocycles. The molecule has 5 nitrogen and oxygen atoms in total. The topological polar surface area (TPSA) is 45.5 Å². The van der Waals surface area contributed by atoms with Gasteiger partial charge in [-0.15, -0.1) is 0 Å². The van der Waals surface area contributed by atoms with Crippen LogP contribution in [0.4, 0.5) is 5.82 Å². The van der Waals surface area contributed by atoms with E-state index in [4.69, 9.17) is 5.10 Å². The summed E-state index contributed by atoms with van der Waals surface area (Å²) in [5.74, 6) is 1.88. The molecule has 2 aromatic rings. The molecule has 1 atom stereocenters. The van der Waals surface area contributed by atoms with Crippen molar-refractivity contribution in [1.82, 2.24) is 19.9 Å². The minimum absolute atomic E-state index is 0.756. The summed E-state index contributed by atoms with van der Waals surface area (Å²) in [5.41, 5.74) is 3.97. The lowest BCUT2D eigenvalue weighted by Crippen LogP contribution is -2.44. The van der Waals surface area contributed by atoms with Gasteiger partial charge in [-0.05, 0) is 25.2 Å². The zero-order chi connectivity index (χ0) is 13.5. The lowest BCUT2D eigenvalue weighted by Gasteiger charge is -2.29. The molecule has 1 fully saturated rings. The summed E-state index contributed by atoms with van der Waals surface area (Å²) in [6, 6.07) is 0. The van der Waals surface area contributed by atoms with Crippen LogP contribution in [-0.4, -0.2) is 40.8 Å². The van der Waals surface area contributed by atoms with E-state index in [-0.39, 0.29) is 0 Å². The molecule has 0 saturated carbocycles. The van der Waals surface area contributed by atoms with Gasteiger partial charge in [0.1, 0.15) is 5.52 Å². The first-order valence-corrected chi connectivity index (χ1v) is 7.63. The second-order valence-electron chi connectivity index (χ2n) is 6.05. The molecule has 0 radical (unpaired) electrons. The zero-order valence-electron chi connectivity index (χ0n) is 12.0. The molecule has 0 spiro atoms. The second-order valence-corrected chi connectivity index (χ2v) is 6.05. The first kappa shape index (κ1) is 12.1. The molecule has 0 bridgehead atoms. The summed E-state index contributed by atoms with van der Waals surface area (Å²) in [6.45, 7) is 6.47. The molecule has 3 heterocycles. The number of fused-ring (bicyclic) bond motifs is 3. The Hall–Kier alpha value is -1.62. The molecule has 1 N–H and O–H groups in total. The normalized spacial score (nSPS) is 23.1. The van der Waals surface area contributed by atoms with Crippen molar-refractivity contribution in [3.63, 3.8) is 0 Å². The lowest BCUT2D eigenvalue weighted by atomic mass is 9.88. The molecule has 1 unspecified atom stereocenters. The minimum atomic E-state index is 0.756. The minimum Gasteiger partial charge on any atom is -0.352 e. The number of nitrogens with one attached hydrogen (secondary N) is 1. The maximum atomic E-state index is 4.78. The predicted molar refractivity (Wildman–Crippen MR) is 79.3 cm³/mol. The van der Waals surface area contributed by atoms with Crippen molar-refractivity contribution in [2.75, 3.05) is 31.1 Å². The van der Waals surface area contributed by atoms with Crippen LogP contribution in [0.5, 0.6) is 0 Å². The summed E-state index contributed by atoms with van der Waals surface area (Å²) < 4.78 is 2.05. The van der Waals surface area contributed by atoms with E-state index in [1.807, 2.05) is 16.9 Å². The van der Waals surface area contributed by atoms with E-state index in [1.54, 1.807) is 0 Å². The number of aromatic nitrogens is 3. The van der Waals surface area contributed by atoms with Crippen molar-refractivity contribution in [2.24, 2.45) is 5.92 Å². The third-order valence-corrected chi connectivity index (χ3v) is 4.55. The molecule has 2 aromatic heterocycles. The van der Waals surface area contributed by atoms with E-state index in [9.17, 15) is 0 Å². The van der Waals surface area contributed by atoms with Gasteiger partial charge in [0.05, 0.1) is 5.69 Å². The van der Waals surface area contributed by atoms with Crippen LogP contribution in [0.15, 0.2) is 12.4 Å². The van der Waals surface area contributed by atoms with E-state index >= 15 is 0 Å². The van der Waals surface area contributed by atoms with E-state index in [0.29, 0.717) is 0 Å². The predicted octanol–water partition coefficient (Wildman–Crippen LogP) is 1.26. The Morgan fingerprint density at radius 3 is 3.00 bits per heavy atom. The monoisotopic (exact) mass is 271 g/mol. The van der Waals surface area contributed by atoms with Gasteiger partial charge in [-0.2, -0.15) is 5.10 Å². The summed E-state index contributed by atoms with van der Waals surface area (Å²) in [5, 5.41) is 8.18. The number of piperazine rings is 1. The first-order chi connectivity index (χ1) is 9.83. The molecule has 0 aromatic carbocycles. The van der Waals surface area contributed by atoms with Gasteiger partial charge in [0.15, 0.2) is 5.82 Å². The van der Waals surface area contributed by atoms with Gasteiger partial charge < -0.3 is 10.2 Å². The maximum absolute atomic E-state index is 4.78. The average Bonchev–Trinajstić information content (AvgIpc) is 2.86. The fraction of sp³-hybridized carbons (Fsp3) is 0.600. The quantitative estimate of drug-likeness (QED) is 0.848. The zero-order valence-corrected chi connectivity index (χ0v) is 12.0. The van der Waals surface area contributed by atoms with Crippen molar-refractivity contribution in [3.8, 4) is 0 Å². The summed E-state index contributed by atoms with van der Waals surface area (Å²) >= 11 is 0. The third kappa shape index (κ3) is 1.88. The smallest absolute Gasteiger partial charge is 0.155 e. The Labute approximate surface area is 119 Å². The van der Waals surface area contributed by atoms with E-state index in [1.165, 1.54) is 23.2 Å². The molecular weight excluding hydrogens is 250 g/mol. The Bertz CT molecular complexity index is 626. The summed E-state index contributed by atoms with van der Waals surface area (Å²) in [4.78, 5) is 7.07. The molecule has 4 rings (SSSR count). The van der Waals surface area contributed by atoms with Gasteiger partial charge in [0.25, 0.3) is 0 Å². The van der Waals surface area contributed by atoms with E-state index < -0.39 is 0 Å². The van der Waals surface area contributed by atoms with Crippen LogP contribution in [0.25, 0.3) is 5.52 Å². The van der Waals surface area contributed by atoms with Gasteiger partial charge in [-0.3, -0.25) is 0 Å². The molecule has 106 valence electrons. The number of anilines is 1. The molecule has 2 aliphatic rings. The van der Waals surface area contributed by atoms with Gasteiger partial charge in [0, 0.05) is 44.1 Å². The fourth-order valence-corrected chi connectivity index (χ4v) is 3.45. The Kier molecular flexibility index (Phi) is 2.88. The highest BCUT2D eigenvalue weighted by molar-refractivity contribution is 5.74. The molecule has 5 heteroatoms. The SMILES string of the molecule is CC1CCc2nn3ccnc(N4CCNCC4)c3c2C1. The van der Waals surface area contributed by atoms with Crippen molar-refractivity contribution in [1.29, 1.82) is 0 Å². The van der Waals surface area contributed by atoms with Gasteiger partial charge in [-0.25, -0.2) is 9.50 Å². The van der Waals surface area contributed by atoms with Crippen LogP contribution < -0.4 is 10.2 Å².